The Labute approximate surface area is 93.1 Å². The zero-order valence-corrected chi connectivity index (χ0v) is 10.5. The van der Waals surface area contributed by atoms with Gasteiger partial charge in [-0.1, -0.05) is 19.9 Å². The fourth-order valence-electron chi connectivity index (χ4n) is 1.87. The lowest BCUT2D eigenvalue weighted by Crippen LogP contribution is -1.92. The standard InChI is InChI=1S/C12H16O.C2H6/c1-7-6-11(10-4-5-10)9(3)12(13)8(7)2;1-2/h6,10,13H,4-5H2,1-3H3;1-2H3. The molecule has 0 heterocycles. The van der Waals surface area contributed by atoms with Crippen molar-refractivity contribution >= 4 is 0 Å². The molecule has 1 fully saturated rings. The molecule has 1 N–H and O–H groups in total. The van der Waals surface area contributed by atoms with Crippen molar-refractivity contribution in [3.05, 3.63) is 28.3 Å². The number of hydrogen-bond donors (Lipinski definition) is 1. The molecular formula is C14H22O. The summed E-state index contributed by atoms with van der Waals surface area (Å²) in [5.74, 6) is 1.23. The number of hydrogen-bond acceptors (Lipinski definition) is 1. The summed E-state index contributed by atoms with van der Waals surface area (Å²) in [5.41, 5.74) is 4.69. The third-order valence-corrected chi connectivity index (χ3v) is 3.12. The van der Waals surface area contributed by atoms with Crippen molar-refractivity contribution in [2.75, 3.05) is 0 Å². The highest BCUT2D eigenvalue weighted by atomic mass is 16.3. The predicted molar refractivity (Wildman–Crippen MR) is 65.6 cm³/mol. The maximum atomic E-state index is 9.84. The Morgan fingerprint density at radius 3 is 2.07 bits per heavy atom. The molecule has 0 aromatic heterocycles. The van der Waals surface area contributed by atoms with E-state index in [1.165, 1.54) is 24.0 Å². The monoisotopic (exact) mass is 206 g/mol. The highest BCUT2D eigenvalue weighted by Gasteiger charge is 2.26. The van der Waals surface area contributed by atoms with Crippen molar-refractivity contribution in [3.8, 4) is 5.75 Å². The van der Waals surface area contributed by atoms with Crippen LogP contribution in [-0.4, -0.2) is 5.11 Å². The van der Waals surface area contributed by atoms with Crippen LogP contribution in [-0.2, 0) is 0 Å². The molecule has 0 unspecified atom stereocenters. The minimum Gasteiger partial charge on any atom is -0.507 e. The molecule has 0 atom stereocenters. The molecular weight excluding hydrogens is 184 g/mol. The minimum atomic E-state index is 0.502. The van der Waals surface area contributed by atoms with Gasteiger partial charge in [0.25, 0.3) is 0 Å². The Morgan fingerprint density at radius 1 is 1.07 bits per heavy atom. The van der Waals surface area contributed by atoms with Gasteiger partial charge in [0.1, 0.15) is 5.75 Å². The van der Waals surface area contributed by atoms with Crippen LogP contribution in [0.5, 0.6) is 5.75 Å². The van der Waals surface area contributed by atoms with Crippen LogP contribution >= 0.6 is 0 Å². The van der Waals surface area contributed by atoms with Gasteiger partial charge in [-0.3, -0.25) is 0 Å². The second-order valence-electron chi connectivity index (χ2n) is 4.16. The molecule has 84 valence electrons. The number of benzene rings is 1. The maximum absolute atomic E-state index is 9.84. The van der Waals surface area contributed by atoms with Crippen LogP contribution in [0.2, 0.25) is 0 Å². The average Bonchev–Trinajstić information content (AvgIpc) is 3.07. The SMILES string of the molecule is CC.Cc1cc(C2CC2)c(C)c(O)c1C. The first-order chi connectivity index (χ1) is 7.11. The van der Waals surface area contributed by atoms with Crippen LogP contribution in [0.1, 0.15) is 54.9 Å². The Morgan fingerprint density at radius 2 is 1.60 bits per heavy atom. The number of phenols is 1. The van der Waals surface area contributed by atoms with E-state index in [4.69, 9.17) is 0 Å². The fourth-order valence-corrected chi connectivity index (χ4v) is 1.87. The van der Waals surface area contributed by atoms with Crippen LogP contribution in [0.25, 0.3) is 0 Å². The number of aromatic hydroxyl groups is 1. The lowest BCUT2D eigenvalue weighted by Gasteiger charge is -2.11. The average molecular weight is 206 g/mol. The van der Waals surface area contributed by atoms with Gasteiger partial charge >= 0.3 is 0 Å². The molecule has 1 aliphatic rings. The van der Waals surface area contributed by atoms with Crippen LogP contribution in [0.15, 0.2) is 6.07 Å². The molecule has 1 aromatic rings. The van der Waals surface area contributed by atoms with Crippen molar-refractivity contribution in [1.29, 1.82) is 0 Å². The van der Waals surface area contributed by atoms with E-state index in [-0.39, 0.29) is 0 Å². The molecule has 1 heteroatoms. The zero-order valence-electron chi connectivity index (χ0n) is 10.5. The molecule has 1 saturated carbocycles. The van der Waals surface area contributed by atoms with Crippen molar-refractivity contribution < 1.29 is 5.11 Å². The molecule has 0 amide bonds. The van der Waals surface area contributed by atoms with Gasteiger partial charge < -0.3 is 5.11 Å². The first-order valence-corrected chi connectivity index (χ1v) is 5.91. The van der Waals surface area contributed by atoms with Gasteiger partial charge in [-0.25, -0.2) is 0 Å². The van der Waals surface area contributed by atoms with Gasteiger partial charge in [0, 0.05) is 0 Å². The highest BCUT2D eigenvalue weighted by molar-refractivity contribution is 5.50. The van der Waals surface area contributed by atoms with Crippen molar-refractivity contribution in [3.63, 3.8) is 0 Å². The third kappa shape index (κ3) is 2.34. The predicted octanol–water partition coefficient (Wildman–Crippen LogP) is 4.22. The summed E-state index contributed by atoms with van der Waals surface area (Å²) < 4.78 is 0. The van der Waals surface area contributed by atoms with Gasteiger partial charge in [0.2, 0.25) is 0 Å². The van der Waals surface area contributed by atoms with Crippen LogP contribution < -0.4 is 0 Å². The maximum Gasteiger partial charge on any atom is 0.121 e. The molecule has 1 aromatic carbocycles. The zero-order chi connectivity index (χ0) is 11.6. The topological polar surface area (TPSA) is 20.2 Å². The number of aryl methyl sites for hydroxylation is 1. The van der Waals surface area contributed by atoms with Crippen LogP contribution in [0.3, 0.4) is 0 Å². The summed E-state index contributed by atoms with van der Waals surface area (Å²) >= 11 is 0. The lowest BCUT2D eigenvalue weighted by atomic mass is 9.96. The quantitative estimate of drug-likeness (QED) is 0.729. The number of phenolic OH excluding ortho intramolecular Hbond substituents is 1. The summed E-state index contributed by atoms with van der Waals surface area (Å²) in [6, 6.07) is 2.24. The largest absolute Gasteiger partial charge is 0.507 e. The molecule has 2 rings (SSSR count). The van der Waals surface area contributed by atoms with Crippen LogP contribution in [0.4, 0.5) is 0 Å². The molecule has 1 aliphatic carbocycles. The van der Waals surface area contributed by atoms with E-state index in [1.54, 1.807) is 0 Å². The van der Waals surface area contributed by atoms with Crippen molar-refractivity contribution in [2.24, 2.45) is 0 Å². The van der Waals surface area contributed by atoms with Gasteiger partial charge in [-0.05, 0) is 61.8 Å². The summed E-state index contributed by atoms with van der Waals surface area (Å²) in [6.07, 6.45) is 2.59. The first kappa shape index (κ1) is 12.1. The van der Waals surface area contributed by atoms with Crippen molar-refractivity contribution in [1.82, 2.24) is 0 Å². The number of rotatable bonds is 1. The van der Waals surface area contributed by atoms with Gasteiger partial charge in [-0.2, -0.15) is 0 Å². The van der Waals surface area contributed by atoms with E-state index in [1.807, 2.05) is 27.7 Å². The fraction of sp³-hybridized carbons (Fsp3) is 0.571. The minimum absolute atomic E-state index is 0.502. The second kappa shape index (κ2) is 4.69. The Hall–Kier alpha value is -0.980. The van der Waals surface area contributed by atoms with Crippen molar-refractivity contribution in [2.45, 2.75) is 53.4 Å². The van der Waals surface area contributed by atoms with E-state index in [0.29, 0.717) is 5.75 Å². The first-order valence-electron chi connectivity index (χ1n) is 5.91. The molecule has 0 spiro atoms. The van der Waals surface area contributed by atoms with Gasteiger partial charge in [-0.15, -0.1) is 0 Å². The van der Waals surface area contributed by atoms with Gasteiger partial charge in [0.05, 0.1) is 0 Å². The second-order valence-corrected chi connectivity index (χ2v) is 4.16. The molecule has 15 heavy (non-hydrogen) atoms. The summed E-state index contributed by atoms with van der Waals surface area (Å²) in [7, 11) is 0. The van der Waals surface area contributed by atoms with Crippen LogP contribution in [0, 0.1) is 20.8 Å². The van der Waals surface area contributed by atoms with E-state index in [0.717, 1.165) is 17.0 Å². The molecule has 1 nitrogen and oxygen atoms in total. The summed E-state index contributed by atoms with van der Waals surface area (Å²) in [6.45, 7) is 10.1. The normalized spacial score (nSPS) is 14.5. The summed E-state index contributed by atoms with van der Waals surface area (Å²) in [4.78, 5) is 0. The molecule has 0 aliphatic heterocycles. The van der Waals surface area contributed by atoms with Gasteiger partial charge in [0.15, 0.2) is 0 Å². The summed E-state index contributed by atoms with van der Waals surface area (Å²) in [5, 5.41) is 9.84. The van der Waals surface area contributed by atoms with E-state index in [9.17, 15) is 5.11 Å². The smallest absolute Gasteiger partial charge is 0.121 e. The molecule has 0 bridgehead atoms. The van der Waals surface area contributed by atoms with E-state index >= 15 is 0 Å². The Kier molecular flexibility index (Phi) is 3.78. The lowest BCUT2D eigenvalue weighted by molar-refractivity contribution is 0.465. The van der Waals surface area contributed by atoms with E-state index < -0.39 is 0 Å². The Balaban J connectivity index is 0.000000531. The van der Waals surface area contributed by atoms with E-state index in [2.05, 4.69) is 13.0 Å². The molecule has 0 saturated heterocycles. The third-order valence-electron chi connectivity index (χ3n) is 3.12. The highest BCUT2D eigenvalue weighted by Crippen LogP contribution is 2.44. The molecule has 0 radical (unpaired) electrons. The Bertz CT molecular complexity index is 349.